The molecule has 4 aromatic rings. The average Bonchev–Trinajstić information content (AvgIpc) is 3.31. The number of benzene rings is 2. The van der Waals surface area contributed by atoms with E-state index < -0.39 is 6.04 Å². The van der Waals surface area contributed by atoms with Gasteiger partial charge in [0.15, 0.2) is 0 Å². The number of carbonyl (C=O) groups excluding carboxylic acids is 1. The van der Waals surface area contributed by atoms with Crippen LogP contribution in [-0.2, 0) is 6.54 Å². The van der Waals surface area contributed by atoms with Gasteiger partial charge >= 0.3 is 0 Å². The maximum absolute atomic E-state index is 13.6. The van der Waals surface area contributed by atoms with Crippen LogP contribution in [0.5, 0.6) is 5.75 Å². The Balaban J connectivity index is 1.68. The number of phenolic OH excluding ortho intramolecular Hbond substituents is 1. The number of H-pyrrole nitrogens is 1. The van der Waals surface area contributed by atoms with Crippen molar-refractivity contribution in [3.05, 3.63) is 101 Å². The fraction of sp³-hybridized carbons (Fsp3) is 0.125. The summed E-state index contributed by atoms with van der Waals surface area (Å²) in [5, 5.41) is 17.7. The van der Waals surface area contributed by atoms with Gasteiger partial charge in [0.1, 0.15) is 23.0 Å². The number of amides is 1. The molecule has 31 heavy (non-hydrogen) atoms. The number of aryl methyl sites for hydroxylation is 1. The van der Waals surface area contributed by atoms with Crippen LogP contribution in [0.1, 0.15) is 38.8 Å². The molecule has 3 heterocycles. The minimum Gasteiger partial charge on any atom is -0.507 e. The predicted octanol–water partition coefficient (Wildman–Crippen LogP) is 4.37. The van der Waals surface area contributed by atoms with Gasteiger partial charge in [-0.05, 0) is 48.4 Å². The van der Waals surface area contributed by atoms with Crippen LogP contribution in [0.3, 0.4) is 0 Å². The Bertz CT molecular complexity index is 1270. The van der Waals surface area contributed by atoms with Gasteiger partial charge < -0.3 is 10.0 Å². The van der Waals surface area contributed by atoms with Crippen molar-refractivity contribution < 1.29 is 14.3 Å². The third kappa shape index (κ3) is 3.24. The summed E-state index contributed by atoms with van der Waals surface area (Å²) in [7, 11) is 0. The Morgan fingerprint density at radius 2 is 1.97 bits per heavy atom. The van der Waals surface area contributed by atoms with Crippen molar-refractivity contribution in [3.63, 3.8) is 0 Å². The van der Waals surface area contributed by atoms with E-state index in [0.717, 1.165) is 16.7 Å². The number of aromatic hydroxyl groups is 1. The Labute approximate surface area is 178 Å². The Hall–Kier alpha value is -4.00. The SMILES string of the molecule is Cc1ccc(O)c(-c2n[nH]c3c2C(c2ccc(F)cc2)N(Cc2cccnc2)C3=O)c1. The first-order valence-corrected chi connectivity index (χ1v) is 9.86. The molecular weight excluding hydrogens is 395 g/mol. The van der Waals surface area contributed by atoms with Crippen molar-refractivity contribution in [3.8, 4) is 17.0 Å². The van der Waals surface area contributed by atoms with Gasteiger partial charge in [0, 0.05) is 30.1 Å². The molecule has 5 rings (SSSR count). The van der Waals surface area contributed by atoms with Crippen LogP contribution in [0.15, 0.2) is 67.0 Å². The van der Waals surface area contributed by atoms with E-state index in [9.17, 15) is 14.3 Å². The number of nitrogens with zero attached hydrogens (tertiary/aromatic N) is 3. The molecule has 2 aromatic heterocycles. The number of halogens is 1. The van der Waals surface area contributed by atoms with E-state index in [2.05, 4.69) is 15.2 Å². The number of hydrogen-bond donors (Lipinski definition) is 2. The van der Waals surface area contributed by atoms with Crippen molar-refractivity contribution in [2.75, 3.05) is 0 Å². The van der Waals surface area contributed by atoms with Crippen molar-refractivity contribution in [1.29, 1.82) is 0 Å². The second-order valence-corrected chi connectivity index (χ2v) is 7.63. The lowest BCUT2D eigenvalue weighted by Gasteiger charge is -2.26. The topological polar surface area (TPSA) is 82.1 Å². The Morgan fingerprint density at radius 1 is 1.16 bits per heavy atom. The summed E-state index contributed by atoms with van der Waals surface area (Å²) in [6.45, 7) is 2.25. The van der Waals surface area contributed by atoms with Crippen LogP contribution in [0.25, 0.3) is 11.3 Å². The lowest BCUT2D eigenvalue weighted by atomic mass is 9.95. The minimum absolute atomic E-state index is 0.0796. The number of hydrogen-bond acceptors (Lipinski definition) is 4. The van der Waals surface area contributed by atoms with Gasteiger partial charge in [-0.2, -0.15) is 5.10 Å². The third-order valence-electron chi connectivity index (χ3n) is 5.53. The standard InChI is InChI=1S/C24H19FN4O2/c1-14-4-9-19(30)18(11-14)21-20-22(28-27-21)24(31)29(13-15-3-2-10-26-12-15)23(20)16-5-7-17(25)8-6-16/h2-12,23,30H,13H2,1H3,(H,27,28). The van der Waals surface area contributed by atoms with Crippen LogP contribution in [0.2, 0.25) is 0 Å². The number of aromatic nitrogens is 3. The molecule has 2 aromatic carbocycles. The molecular formula is C24H19FN4O2. The molecule has 0 aliphatic carbocycles. The van der Waals surface area contributed by atoms with Crippen LogP contribution in [0.4, 0.5) is 4.39 Å². The quantitative estimate of drug-likeness (QED) is 0.520. The van der Waals surface area contributed by atoms with Crippen molar-refractivity contribution in [2.24, 2.45) is 0 Å². The van der Waals surface area contributed by atoms with E-state index in [1.807, 2.05) is 31.2 Å². The van der Waals surface area contributed by atoms with Crippen LogP contribution in [0, 0.1) is 12.7 Å². The molecule has 7 heteroatoms. The third-order valence-corrected chi connectivity index (χ3v) is 5.53. The average molecular weight is 414 g/mol. The molecule has 1 unspecified atom stereocenters. The van der Waals surface area contributed by atoms with Gasteiger partial charge in [0.2, 0.25) is 0 Å². The first-order valence-electron chi connectivity index (χ1n) is 9.86. The monoisotopic (exact) mass is 414 g/mol. The number of pyridine rings is 1. The Kier molecular flexibility index (Phi) is 4.51. The molecule has 0 radical (unpaired) electrons. The Morgan fingerprint density at radius 3 is 2.71 bits per heavy atom. The van der Waals surface area contributed by atoms with E-state index in [-0.39, 0.29) is 17.5 Å². The summed E-state index contributed by atoms with van der Waals surface area (Å²) in [4.78, 5) is 19.2. The van der Waals surface area contributed by atoms with Crippen LogP contribution >= 0.6 is 0 Å². The number of fused-ring (bicyclic) bond motifs is 1. The van der Waals surface area contributed by atoms with Crippen molar-refractivity contribution >= 4 is 5.91 Å². The van der Waals surface area contributed by atoms with Gasteiger partial charge in [-0.15, -0.1) is 0 Å². The van der Waals surface area contributed by atoms with E-state index >= 15 is 0 Å². The lowest BCUT2D eigenvalue weighted by molar-refractivity contribution is 0.0730. The molecule has 6 nitrogen and oxygen atoms in total. The number of carbonyl (C=O) groups is 1. The molecule has 0 saturated heterocycles. The second kappa shape index (κ2) is 7.36. The predicted molar refractivity (Wildman–Crippen MR) is 113 cm³/mol. The first kappa shape index (κ1) is 19.0. The van der Waals surface area contributed by atoms with Gasteiger partial charge in [0.25, 0.3) is 5.91 Å². The summed E-state index contributed by atoms with van der Waals surface area (Å²) in [6.07, 6.45) is 3.39. The van der Waals surface area contributed by atoms with Gasteiger partial charge in [-0.25, -0.2) is 4.39 Å². The summed E-state index contributed by atoms with van der Waals surface area (Å²) in [5.74, 6) is -0.481. The number of rotatable bonds is 4. The number of phenols is 1. The minimum atomic E-state index is -0.489. The number of nitrogens with one attached hydrogen (secondary N) is 1. The number of aromatic amines is 1. The molecule has 0 spiro atoms. The summed E-state index contributed by atoms with van der Waals surface area (Å²) in [6, 6.07) is 14.6. The highest BCUT2D eigenvalue weighted by Gasteiger charge is 2.42. The molecule has 1 amide bonds. The summed E-state index contributed by atoms with van der Waals surface area (Å²) >= 11 is 0. The maximum atomic E-state index is 13.6. The zero-order valence-electron chi connectivity index (χ0n) is 16.7. The molecule has 154 valence electrons. The second-order valence-electron chi connectivity index (χ2n) is 7.63. The van der Waals surface area contributed by atoms with Crippen molar-refractivity contribution in [1.82, 2.24) is 20.1 Å². The lowest BCUT2D eigenvalue weighted by Crippen LogP contribution is -2.29. The van der Waals surface area contributed by atoms with Crippen molar-refractivity contribution in [2.45, 2.75) is 19.5 Å². The molecule has 2 N–H and O–H groups in total. The molecule has 0 fully saturated rings. The largest absolute Gasteiger partial charge is 0.507 e. The molecule has 1 atom stereocenters. The zero-order chi connectivity index (χ0) is 21.5. The smallest absolute Gasteiger partial charge is 0.273 e. The highest BCUT2D eigenvalue weighted by molar-refractivity contribution is 6.00. The van der Waals surface area contributed by atoms with Gasteiger partial charge in [-0.1, -0.05) is 29.8 Å². The zero-order valence-corrected chi connectivity index (χ0v) is 16.7. The van der Waals surface area contributed by atoms with E-state index in [1.54, 1.807) is 35.5 Å². The normalized spacial score (nSPS) is 15.4. The van der Waals surface area contributed by atoms with Crippen LogP contribution in [-0.4, -0.2) is 31.1 Å². The molecule has 1 aliphatic heterocycles. The van der Waals surface area contributed by atoms with Gasteiger partial charge in [0.05, 0.1) is 6.04 Å². The maximum Gasteiger partial charge on any atom is 0.273 e. The van der Waals surface area contributed by atoms with Gasteiger partial charge in [-0.3, -0.25) is 14.9 Å². The van der Waals surface area contributed by atoms with E-state index in [1.165, 1.54) is 12.1 Å². The van der Waals surface area contributed by atoms with Crippen LogP contribution < -0.4 is 0 Å². The van der Waals surface area contributed by atoms with E-state index in [4.69, 9.17) is 0 Å². The fourth-order valence-electron chi connectivity index (χ4n) is 4.08. The molecule has 0 saturated carbocycles. The fourth-order valence-corrected chi connectivity index (χ4v) is 4.08. The highest BCUT2D eigenvalue weighted by Crippen LogP contribution is 2.45. The first-order chi connectivity index (χ1) is 15.0. The molecule has 0 bridgehead atoms. The summed E-state index contributed by atoms with van der Waals surface area (Å²) < 4.78 is 13.6. The summed E-state index contributed by atoms with van der Waals surface area (Å²) in [5.41, 5.74) is 4.68. The van der Waals surface area contributed by atoms with E-state index in [0.29, 0.717) is 29.1 Å². The highest BCUT2D eigenvalue weighted by atomic mass is 19.1. The molecule has 1 aliphatic rings.